The minimum atomic E-state index is -0.633. The molecule has 1 saturated heterocycles. The van der Waals surface area contributed by atoms with Crippen molar-refractivity contribution in [2.24, 2.45) is 11.8 Å². The predicted molar refractivity (Wildman–Crippen MR) is 104 cm³/mol. The number of benzene rings is 1. The second-order valence-electron chi connectivity index (χ2n) is 7.69. The molecular weight excluding hydrogens is 344 g/mol. The van der Waals surface area contributed by atoms with Crippen LogP contribution in [0.25, 0.3) is 0 Å². The molecule has 0 bridgehead atoms. The zero-order valence-corrected chi connectivity index (χ0v) is 16.7. The molecule has 2 amide bonds. The van der Waals surface area contributed by atoms with Gasteiger partial charge in [0.15, 0.2) is 0 Å². The number of nitrogens with one attached hydrogen (secondary N) is 2. The lowest BCUT2D eigenvalue weighted by atomic mass is 9.96. The Balaban J connectivity index is 1.92. The monoisotopic (exact) mass is 376 g/mol. The van der Waals surface area contributed by atoms with Crippen molar-refractivity contribution in [1.82, 2.24) is 10.6 Å². The first-order valence-corrected chi connectivity index (χ1v) is 9.79. The highest BCUT2D eigenvalue weighted by atomic mass is 16.6. The van der Waals surface area contributed by atoms with Gasteiger partial charge in [0.25, 0.3) is 0 Å². The van der Waals surface area contributed by atoms with E-state index in [1.807, 2.05) is 44.2 Å². The third kappa shape index (κ3) is 7.21. The molecule has 2 N–H and O–H groups in total. The molecule has 0 saturated carbocycles. The van der Waals surface area contributed by atoms with Gasteiger partial charge < -0.3 is 20.1 Å². The highest BCUT2D eigenvalue weighted by molar-refractivity contribution is 5.86. The molecule has 1 heterocycles. The molecule has 1 fully saturated rings. The molecule has 2 rings (SSSR count). The van der Waals surface area contributed by atoms with Crippen LogP contribution in [0.2, 0.25) is 0 Å². The number of carbonyl (C=O) groups excluding carboxylic acids is 2. The van der Waals surface area contributed by atoms with Crippen LogP contribution in [0.5, 0.6) is 0 Å². The maximum atomic E-state index is 12.8. The van der Waals surface area contributed by atoms with Gasteiger partial charge in [0.1, 0.15) is 18.8 Å². The highest BCUT2D eigenvalue weighted by Crippen LogP contribution is 2.21. The minimum absolute atomic E-state index is 0.00547. The number of rotatable bonds is 10. The van der Waals surface area contributed by atoms with E-state index in [0.717, 1.165) is 18.4 Å². The zero-order chi connectivity index (χ0) is 19.8. The molecular formula is C21H32N2O4. The summed E-state index contributed by atoms with van der Waals surface area (Å²) in [6.07, 6.45) is 1.12. The van der Waals surface area contributed by atoms with Gasteiger partial charge in [-0.1, -0.05) is 64.4 Å². The predicted octanol–water partition coefficient (Wildman–Crippen LogP) is 3.26. The topological polar surface area (TPSA) is 80.0 Å². The van der Waals surface area contributed by atoms with E-state index in [9.17, 15) is 9.59 Å². The fourth-order valence-corrected chi connectivity index (χ4v) is 2.97. The molecule has 4 atom stereocenters. The average Bonchev–Trinajstić information content (AvgIpc) is 3.49. The zero-order valence-electron chi connectivity index (χ0n) is 16.7. The molecule has 150 valence electrons. The number of hydrogen-bond acceptors (Lipinski definition) is 4. The van der Waals surface area contributed by atoms with Gasteiger partial charge in [-0.05, 0) is 23.8 Å². The Morgan fingerprint density at radius 1 is 1.19 bits per heavy atom. The Hall–Kier alpha value is -2.08. The summed E-state index contributed by atoms with van der Waals surface area (Å²) < 4.78 is 10.7. The van der Waals surface area contributed by atoms with Gasteiger partial charge in [0, 0.05) is 0 Å². The number of epoxide rings is 1. The first-order valence-electron chi connectivity index (χ1n) is 9.79. The van der Waals surface area contributed by atoms with Crippen molar-refractivity contribution in [1.29, 1.82) is 0 Å². The average molecular weight is 376 g/mol. The van der Waals surface area contributed by atoms with Gasteiger partial charge in [-0.15, -0.1) is 0 Å². The Bertz CT molecular complexity index is 601. The fourth-order valence-electron chi connectivity index (χ4n) is 2.97. The van der Waals surface area contributed by atoms with Crippen LogP contribution in [-0.4, -0.2) is 36.8 Å². The van der Waals surface area contributed by atoms with E-state index in [4.69, 9.17) is 9.47 Å². The lowest BCUT2D eigenvalue weighted by Gasteiger charge is -2.26. The molecule has 1 unspecified atom stereocenters. The van der Waals surface area contributed by atoms with Gasteiger partial charge in [-0.2, -0.15) is 0 Å². The van der Waals surface area contributed by atoms with Crippen LogP contribution in [-0.2, 0) is 20.9 Å². The van der Waals surface area contributed by atoms with Crippen molar-refractivity contribution in [3.63, 3.8) is 0 Å². The van der Waals surface area contributed by atoms with Crippen molar-refractivity contribution in [2.75, 3.05) is 6.61 Å². The Morgan fingerprint density at radius 3 is 2.41 bits per heavy atom. The summed E-state index contributed by atoms with van der Waals surface area (Å²) in [5, 5.41) is 5.81. The summed E-state index contributed by atoms with van der Waals surface area (Å²) in [5.41, 5.74) is 0.903. The van der Waals surface area contributed by atoms with E-state index in [-0.39, 0.29) is 30.6 Å². The molecule has 1 aliphatic heterocycles. The number of amides is 2. The largest absolute Gasteiger partial charge is 0.445 e. The molecule has 0 aromatic heterocycles. The summed E-state index contributed by atoms with van der Waals surface area (Å²) >= 11 is 0. The first-order chi connectivity index (χ1) is 12.9. The number of carbonyl (C=O) groups is 2. The van der Waals surface area contributed by atoms with E-state index in [1.54, 1.807) is 0 Å². The summed E-state index contributed by atoms with van der Waals surface area (Å²) in [5.74, 6) is 0.265. The SMILES string of the molecule is CC[C@H](C)[C@H](NC(=O)OCc1ccccc1)C(=O)N[C@@H](CC(C)C)C1CO1. The van der Waals surface area contributed by atoms with Crippen LogP contribution in [0.1, 0.15) is 46.1 Å². The summed E-state index contributed by atoms with van der Waals surface area (Å²) in [6.45, 7) is 9.04. The van der Waals surface area contributed by atoms with E-state index in [1.165, 1.54) is 0 Å². The lowest BCUT2D eigenvalue weighted by Crippen LogP contribution is -2.53. The molecule has 1 aromatic rings. The van der Waals surface area contributed by atoms with Crippen LogP contribution < -0.4 is 10.6 Å². The molecule has 27 heavy (non-hydrogen) atoms. The second kappa shape index (κ2) is 10.3. The van der Waals surface area contributed by atoms with Gasteiger partial charge in [-0.3, -0.25) is 4.79 Å². The maximum Gasteiger partial charge on any atom is 0.408 e. The normalized spacial score (nSPS) is 19.1. The van der Waals surface area contributed by atoms with Crippen LogP contribution in [0.4, 0.5) is 4.79 Å². The first kappa shape index (κ1) is 21.2. The Morgan fingerprint density at radius 2 is 1.85 bits per heavy atom. The van der Waals surface area contributed by atoms with Crippen molar-refractivity contribution in [3.8, 4) is 0 Å². The van der Waals surface area contributed by atoms with Crippen LogP contribution in [0.15, 0.2) is 30.3 Å². The number of alkyl carbamates (subject to hydrolysis) is 1. The van der Waals surface area contributed by atoms with Crippen LogP contribution >= 0.6 is 0 Å². The summed E-state index contributed by atoms with van der Waals surface area (Å²) in [6, 6.07) is 8.81. The van der Waals surface area contributed by atoms with E-state index >= 15 is 0 Å². The van der Waals surface area contributed by atoms with Gasteiger partial charge >= 0.3 is 6.09 Å². The van der Waals surface area contributed by atoms with Gasteiger partial charge in [-0.25, -0.2) is 4.79 Å². The van der Waals surface area contributed by atoms with Crippen molar-refractivity contribution in [3.05, 3.63) is 35.9 Å². The maximum absolute atomic E-state index is 12.8. The molecule has 6 nitrogen and oxygen atoms in total. The summed E-state index contributed by atoms with van der Waals surface area (Å²) in [7, 11) is 0. The number of ether oxygens (including phenoxy) is 2. The quantitative estimate of drug-likeness (QED) is 0.614. The third-order valence-corrected chi connectivity index (χ3v) is 4.84. The molecule has 1 aliphatic rings. The highest BCUT2D eigenvalue weighted by Gasteiger charge is 2.36. The van der Waals surface area contributed by atoms with Crippen LogP contribution in [0, 0.1) is 11.8 Å². The molecule has 1 aromatic carbocycles. The Kier molecular flexibility index (Phi) is 8.10. The number of hydrogen-bond donors (Lipinski definition) is 2. The fraction of sp³-hybridized carbons (Fsp3) is 0.619. The molecule has 0 radical (unpaired) electrons. The second-order valence-corrected chi connectivity index (χ2v) is 7.69. The van der Waals surface area contributed by atoms with Gasteiger partial charge in [0.05, 0.1) is 12.6 Å². The van der Waals surface area contributed by atoms with Crippen molar-refractivity contribution < 1.29 is 19.1 Å². The Labute approximate surface area is 162 Å². The smallest absolute Gasteiger partial charge is 0.408 e. The molecule has 6 heteroatoms. The van der Waals surface area contributed by atoms with E-state index in [2.05, 4.69) is 24.5 Å². The molecule has 0 spiro atoms. The van der Waals surface area contributed by atoms with E-state index in [0.29, 0.717) is 12.5 Å². The standard InChI is InChI=1S/C21H32N2O4/c1-5-15(4)19(20(24)22-17(11-14(2)3)18-13-26-18)23-21(25)27-12-16-9-7-6-8-10-16/h6-10,14-15,17-19H,5,11-13H2,1-4H3,(H,22,24)(H,23,25)/t15-,17-,18?,19-/m0/s1. The lowest BCUT2D eigenvalue weighted by molar-refractivity contribution is -0.125. The summed E-state index contributed by atoms with van der Waals surface area (Å²) in [4.78, 5) is 25.1. The third-order valence-electron chi connectivity index (χ3n) is 4.84. The van der Waals surface area contributed by atoms with Gasteiger partial charge in [0.2, 0.25) is 5.91 Å². The van der Waals surface area contributed by atoms with Crippen molar-refractivity contribution in [2.45, 2.75) is 65.3 Å². The van der Waals surface area contributed by atoms with E-state index < -0.39 is 12.1 Å². The molecule has 0 aliphatic carbocycles. The van der Waals surface area contributed by atoms with Crippen LogP contribution in [0.3, 0.4) is 0 Å². The minimum Gasteiger partial charge on any atom is -0.445 e. The van der Waals surface area contributed by atoms with Crippen molar-refractivity contribution >= 4 is 12.0 Å².